The van der Waals surface area contributed by atoms with Crippen molar-refractivity contribution in [1.29, 1.82) is 5.26 Å². The SMILES string of the molecule is Cc1cc(Br)cn(CC(C)C#N)c1=O. The Morgan fingerprint density at radius 2 is 2.36 bits per heavy atom. The molecule has 1 heterocycles. The van der Waals surface area contributed by atoms with Gasteiger partial charge in [-0.2, -0.15) is 5.26 Å². The van der Waals surface area contributed by atoms with Gasteiger partial charge in [0.2, 0.25) is 0 Å². The molecule has 1 aromatic heterocycles. The molecule has 1 aromatic rings. The summed E-state index contributed by atoms with van der Waals surface area (Å²) < 4.78 is 2.42. The standard InChI is InChI=1S/C10H11BrN2O/c1-7(4-12)5-13-6-9(11)3-8(2)10(13)14/h3,6-7H,5H2,1-2H3. The van der Waals surface area contributed by atoms with Crippen LogP contribution >= 0.6 is 15.9 Å². The molecule has 0 aliphatic rings. The molecular formula is C10H11BrN2O. The third-order valence-electron chi connectivity index (χ3n) is 1.92. The lowest BCUT2D eigenvalue weighted by Crippen LogP contribution is -2.24. The molecule has 0 N–H and O–H groups in total. The molecule has 74 valence electrons. The summed E-state index contributed by atoms with van der Waals surface area (Å²) in [4.78, 5) is 11.6. The zero-order chi connectivity index (χ0) is 10.7. The maximum Gasteiger partial charge on any atom is 0.253 e. The highest BCUT2D eigenvalue weighted by Crippen LogP contribution is 2.09. The average molecular weight is 255 g/mol. The first-order chi connectivity index (χ1) is 6.54. The van der Waals surface area contributed by atoms with Crippen molar-refractivity contribution in [3.05, 3.63) is 32.7 Å². The predicted molar refractivity (Wildman–Crippen MR) is 57.9 cm³/mol. The van der Waals surface area contributed by atoms with Gasteiger partial charge in [0, 0.05) is 22.8 Å². The number of hydrogen-bond donors (Lipinski definition) is 0. The van der Waals surface area contributed by atoms with Gasteiger partial charge in [0.25, 0.3) is 5.56 Å². The fourth-order valence-electron chi connectivity index (χ4n) is 1.21. The smallest absolute Gasteiger partial charge is 0.253 e. The molecule has 1 rings (SSSR count). The van der Waals surface area contributed by atoms with Gasteiger partial charge in [-0.1, -0.05) is 0 Å². The Bertz CT molecular complexity index is 431. The number of nitrogens with zero attached hydrogens (tertiary/aromatic N) is 2. The van der Waals surface area contributed by atoms with Crippen LogP contribution in [0.5, 0.6) is 0 Å². The molecule has 0 amide bonds. The van der Waals surface area contributed by atoms with E-state index in [2.05, 4.69) is 22.0 Å². The highest BCUT2D eigenvalue weighted by Gasteiger charge is 2.05. The van der Waals surface area contributed by atoms with Crippen molar-refractivity contribution in [2.45, 2.75) is 20.4 Å². The maximum absolute atomic E-state index is 11.6. The lowest BCUT2D eigenvalue weighted by molar-refractivity contribution is 0.561. The van der Waals surface area contributed by atoms with E-state index in [9.17, 15) is 4.79 Å². The highest BCUT2D eigenvalue weighted by atomic mass is 79.9. The maximum atomic E-state index is 11.6. The molecule has 0 bridgehead atoms. The number of nitriles is 1. The molecule has 3 nitrogen and oxygen atoms in total. The van der Waals surface area contributed by atoms with E-state index in [4.69, 9.17) is 5.26 Å². The van der Waals surface area contributed by atoms with E-state index in [0.29, 0.717) is 12.1 Å². The van der Waals surface area contributed by atoms with Crippen molar-refractivity contribution in [2.75, 3.05) is 0 Å². The second-order valence-corrected chi connectivity index (χ2v) is 4.24. The van der Waals surface area contributed by atoms with E-state index in [1.54, 1.807) is 30.7 Å². The minimum absolute atomic E-state index is 0.0321. The van der Waals surface area contributed by atoms with Gasteiger partial charge in [-0.3, -0.25) is 4.79 Å². The van der Waals surface area contributed by atoms with Crippen LogP contribution in [-0.2, 0) is 6.54 Å². The molecule has 14 heavy (non-hydrogen) atoms. The number of rotatable bonds is 2. The Balaban J connectivity index is 3.10. The van der Waals surface area contributed by atoms with Crippen LogP contribution in [-0.4, -0.2) is 4.57 Å². The van der Waals surface area contributed by atoms with Crippen molar-refractivity contribution < 1.29 is 0 Å². The van der Waals surface area contributed by atoms with Gasteiger partial charge in [0.15, 0.2) is 0 Å². The van der Waals surface area contributed by atoms with Crippen molar-refractivity contribution in [1.82, 2.24) is 4.57 Å². The van der Waals surface area contributed by atoms with Crippen LogP contribution in [0, 0.1) is 24.2 Å². The lowest BCUT2D eigenvalue weighted by atomic mass is 10.2. The number of halogens is 1. The summed E-state index contributed by atoms with van der Waals surface area (Å²) in [7, 11) is 0. The predicted octanol–water partition coefficient (Wildman–Crippen LogP) is 2.08. The quantitative estimate of drug-likeness (QED) is 0.812. The Labute approximate surface area is 91.1 Å². The molecule has 0 radical (unpaired) electrons. The van der Waals surface area contributed by atoms with Crippen molar-refractivity contribution in [3.63, 3.8) is 0 Å². The molecule has 0 aliphatic carbocycles. The fourth-order valence-corrected chi connectivity index (χ4v) is 1.80. The van der Waals surface area contributed by atoms with Gasteiger partial charge in [-0.05, 0) is 35.8 Å². The molecule has 1 unspecified atom stereocenters. The van der Waals surface area contributed by atoms with Crippen LogP contribution in [0.2, 0.25) is 0 Å². The molecule has 1 atom stereocenters. The number of pyridine rings is 1. The zero-order valence-electron chi connectivity index (χ0n) is 8.12. The second-order valence-electron chi connectivity index (χ2n) is 3.33. The van der Waals surface area contributed by atoms with Gasteiger partial charge >= 0.3 is 0 Å². The monoisotopic (exact) mass is 254 g/mol. The van der Waals surface area contributed by atoms with Gasteiger partial charge in [0.1, 0.15) is 0 Å². The normalized spacial score (nSPS) is 12.1. The first-order valence-electron chi connectivity index (χ1n) is 4.31. The van der Waals surface area contributed by atoms with Gasteiger partial charge < -0.3 is 4.57 Å². The van der Waals surface area contributed by atoms with Crippen LogP contribution in [0.1, 0.15) is 12.5 Å². The molecule has 0 saturated heterocycles. The van der Waals surface area contributed by atoms with E-state index in [-0.39, 0.29) is 11.5 Å². The Hall–Kier alpha value is -1.08. The summed E-state index contributed by atoms with van der Waals surface area (Å²) in [5.41, 5.74) is 0.653. The minimum Gasteiger partial charge on any atom is -0.313 e. The summed E-state index contributed by atoms with van der Waals surface area (Å²) >= 11 is 3.32. The molecule has 0 aromatic carbocycles. The topological polar surface area (TPSA) is 45.8 Å². The first kappa shape index (κ1) is 11.0. The van der Waals surface area contributed by atoms with Gasteiger partial charge in [-0.25, -0.2) is 0 Å². The Morgan fingerprint density at radius 1 is 1.71 bits per heavy atom. The summed E-state index contributed by atoms with van der Waals surface area (Å²) in [5, 5.41) is 8.65. The van der Waals surface area contributed by atoms with E-state index >= 15 is 0 Å². The fraction of sp³-hybridized carbons (Fsp3) is 0.400. The molecular weight excluding hydrogens is 244 g/mol. The zero-order valence-corrected chi connectivity index (χ0v) is 9.71. The van der Waals surface area contributed by atoms with E-state index in [0.717, 1.165) is 4.47 Å². The third-order valence-corrected chi connectivity index (χ3v) is 2.36. The molecule has 0 aliphatic heterocycles. The lowest BCUT2D eigenvalue weighted by Gasteiger charge is -2.08. The largest absolute Gasteiger partial charge is 0.313 e. The average Bonchev–Trinajstić information content (AvgIpc) is 2.13. The summed E-state index contributed by atoms with van der Waals surface area (Å²) in [5.74, 6) is -0.151. The molecule has 4 heteroatoms. The van der Waals surface area contributed by atoms with Gasteiger partial charge in [-0.15, -0.1) is 0 Å². The minimum atomic E-state index is -0.151. The van der Waals surface area contributed by atoms with Crippen LogP contribution in [0.15, 0.2) is 21.5 Å². The van der Waals surface area contributed by atoms with Crippen LogP contribution < -0.4 is 5.56 Å². The molecule has 0 spiro atoms. The van der Waals surface area contributed by atoms with Gasteiger partial charge in [0.05, 0.1) is 12.0 Å². The van der Waals surface area contributed by atoms with Crippen LogP contribution in [0.4, 0.5) is 0 Å². The number of hydrogen-bond acceptors (Lipinski definition) is 2. The first-order valence-corrected chi connectivity index (χ1v) is 5.10. The molecule has 0 fully saturated rings. The van der Waals surface area contributed by atoms with Crippen molar-refractivity contribution in [2.24, 2.45) is 5.92 Å². The highest BCUT2D eigenvalue weighted by molar-refractivity contribution is 9.10. The van der Waals surface area contributed by atoms with E-state index < -0.39 is 0 Å². The van der Waals surface area contributed by atoms with Crippen LogP contribution in [0.25, 0.3) is 0 Å². The summed E-state index contributed by atoms with van der Waals surface area (Å²) in [6.07, 6.45) is 1.71. The Kier molecular flexibility index (Phi) is 3.48. The third kappa shape index (κ3) is 2.46. The number of aromatic nitrogens is 1. The van der Waals surface area contributed by atoms with Crippen molar-refractivity contribution in [3.8, 4) is 6.07 Å². The van der Waals surface area contributed by atoms with E-state index in [1.165, 1.54) is 0 Å². The van der Waals surface area contributed by atoms with Crippen molar-refractivity contribution >= 4 is 15.9 Å². The summed E-state index contributed by atoms with van der Waals surface area (Å²) in [6, 6.07) is 3.88. The molecule has 0 saturated carbocycles. The Morgan fingerprint density at radius 3 is 2.93 bits per heavy atom. The van der Waals surface area contributed by atoms with E-state index in [1.807, 2.05) is 0 Å². The second kappa shape index (κ2) is 4.43. The number of aryl methyl sites for hydroxylation is 1. The van der Waals surface area contributed by atoms with Crippen LogP contribution in [0.3, 0.4) is 0 Å². The summed E-state index contributed by atoms with van der Waals surface area (Å²) in [6.45, 7) is 4.00.